The maximum absolute atomic E-state index is 12.6. The zero-order valence-electron chi connectivity index (χ0n) is 12.8. The van der Waals surface area contributed by atoms with E-state index in [-0.39, 0.29) is 24.9 Å². The van der Waals surface area contributed by atoms with Gasteiger partial charge in [0.25, 0.3) is 0 Å². The molecule has 0 fully saturated rings. The highest BCUT2D eigenvalue weighted by Gasteiger charge is 2.28. The minimum absolute atomic E-state index is 0.0535. The Morgan fingerprint density at radius 2 is 1.76 bits per heavy atom. The highest BCUT2D eigenvalue weighted by molar-refractivity contribution is 5.80. The molecule has 0 aliphatic heterocycles. The van der Waals surface area contributed by atoms with E-state index in [1.165, 1.54) is 0 Å². The summed E-state index contributed by atoms with van der Waals surface area (Å²) in [6, 6.07) is 9.01. The molecule has 2 unspecified atom stereocenters. The van der Waals surface area contributed by atoms with Crippen LogP contribution in [0.3, 0.4) is 0 Å². The van der Waals surface area contributed by atoms with Crippen molar-refractivity contribution in [2.24, 2.45) is 11.7 Å². The number of carbonyl (C=O) groups excluding carboxylic acids is 1. The van der Waals surface area contributed by atoms with E-state index in [0.29, 0.717) is 0 Å². The number of amides is 1. The molecule has 5 nitrogen and oxygen atoms in total. The molecule has 5 heteroatoms. The molecule has 0 saturated heterocycles. The number of hydrogen-bond acceptors (Lipinski definition) is 3. The molecular weight excluding hydrogens is 268 g/mol. The molecule has 3 N–H and O–H groups in total. The first-order valence-corrected chi connectivity index (χ1v) is 7.17. The number of carboxylic acids is 1. The van der Waals surface area contributed by atoms with Crippen LogP contribution in [0.25, 0.3) is 0 Å². The number of aliphatic carboxylic acids is 1. The van der Waals surface area contributed by atoms with Gasteiger partial charge in [0.1, 0.15) is 0 Å². The van der Waals surface area contributed by atoms with Crippen molar-refractivity contribution >= 4 is 11.9 Å². The highest BCUT2D eigenvalue weighted by Crippen LogP contribution is 2.22. The second-order valence-corrected chi connectivity index (χ2v) is 5.49. The molecule has 2 atom stereocenters. The van der Waals surface area contributed by atoms with E-state index >= 15 is 0 Å². The topological polar surface area (TPSA) is 83.6 Å². The van der Waals surface area contributed by atoms with E-state index < -0.39 is 17.9 Å². The third-order valence-electron chi connectivity index (χ3n) is 3.59. The predicted octanol–water partition coefficient (Wildman–Crippen LogP) is 2.03. The van der Waals surface area contributed by atoms with Gasteiger partial charge in [0.2, 0.25) is 5.91 Å². The van der Waals surface area contributed by atoms with Crippen molar-refractivity contribution in [3.05, 3.63) is 35.9 Å². The number of hydrogen-bond donors (Lipinski definition) is 2. The molecule has 0 saturated carbocycles. The fourth-order valence-corrected chi connectivity index (χ4v) is 2.22. The molecule has 0 bridgehead atoms. The highest BCUT2D eigenvalue weighted by atomic mass is 16.4. The molecule has 0 spiro atoms. The van der Waals surface area contributed by atoms with E-state index in [2.05, 4.69) is 0 Å². The number of carbonyl (C=O) groups is 2. The van der Waals surface area contributed by atoms with Crippen molar-refractivity contribution < 1.29 is 14.7 Å². The molecular formula is C16H24N2O3. The summed E-state index contributed by atoms with van der Waals surface area (Å²) in [6.07, 6.45) is -0.0583. The van der Waals surface area contributed by atoms with E-state index in [0.717, 1.165) is 5.56 Å². The van der Waals surface area contributed by atoms with Gasteiger partial charge in [-0.25, -0.2) is 0 Å². The van der Waals surface area contributed by atoms with Crippen molar-refractivity contribution in [2.75, 3.05) is 6.54 Å². The lowest BCUT2D eigenvalue weighted by Crippen LogP contribution is -2.44. The molecule has 0 aliphatic rings. The standard InChI is InChI=1S/C16H24N2O3/c1-11(2)18(10-9-14(19)20)16(21)12(3)15(17)13-7-5-4-6-8-13/h4-8,11-12,15H,9-10,17H2,1-3H3,(H,19,20). The first kappa shape index (κ1) is 17.2. The third-order valence-corrected chi connectivity index (χ3v) is 3.59. The summed E-state index contributed by atoms with van der Waals surface area (Å²) in [4.78, 5) is 24.9. The summed E-state index contributed by atoms with van der Waals surface area (Å²) in [5.74, 6) is -1.42. The molecule has 1 rings (SSSR count). The van der Waals surface area contributed by atoms with Crippen LogP contribution in [-0.4, -0.2) is 34.5 Å². The van der Waals surface area contributed by atoms with Crippen LogP contribution in [0.2, 0.25) is 0 Å². The fraction of sp³-hybridized carbons (Fsp3) is 0.500. The largest absolute Gasteiger partial charge is 0.481 e. The van der Waals surface area contributed by atoms with Gasteiger partial charge in [-0.3, -0.25) is 9.59 Å². The first-order chi connectivity index (χ1) is 9.84. The number of benzene rings is 1. The van der Waals surface area contributed by atoms with Gasteiger partial charge in [0, 0.05) is 18.6 Å². The van der Waals surface area contributed by atoms with Gasteiger partial charge in [-0.1, -0.05) is 37.3 Å². The van der Waals surface area contributed by atoms with E-state index in [1.807, 2.05) is 44.2 Å². The maximum atomic E-state index is 12.6. The predicted molar refractivity (Wildman–Crippen MR) is 81.6 cm³/mol. The Labute approximate surface area is 125 Å². The summed E-state index contributed by atoms with van der Waals surface area (Å²) in [5, 5.41) is 8.79. The maximum Gasteiger partial charge on any atom is 0.305 e. The monoisotopic (exact) mass is 292 g/mol. The lowest BCUT2D eigenvalue weighted by Gasteiger charge is -2.31. The SMILES string of the molecule is CC(C(=O)N(CCC(=O)O)C(C)C)C(N)c1ccccc1. The summed E-state index contributed by atoms with van der Waals surface area (Å²) in [5.41, 5.74) is 7.07. The van der Waals surface area contributed by atoms with Crippen molar-refractivity contribution in [1.82, 2.24) is 4.90 Å². The Kier molecular flexibility index (Phi) is 6.37. The van der Waals surface area contributed by atoms with Gasteiger partial charge >= 0.3 is 5.97 Å². The molecule has 0 heterocycles. The number of carboxylic acid groups (broad SMARTS) is 1. The van der Waals surface area contributed by atoms with E-state index in [9.17, 15) is 9.59 Å². The van der Waals surface area contributed by atoms with Gasteiger partial charge < -0.3 is 15.7 Å². The van der Waals surface area contributed by atoms with Crippen LogP contribution in [0.15, 0.2) is 30.3 Å². The fourth-order valence-electron chi connectivity index (χ4n) is 2.22. The van der Waals surface area contributed by atoms with Crippen LogP contribution in [0, 0.1) is 5.92 Å². The molecule has 1 amide bonds. The van der Waals surface area contributed by atoms with Crippen molar-refractivity contribution in [3.8, 4) is 0 Å². The Hall–Kier alpha value is -1.88. The average molecular weight is 292 g/mol. The molecule has 0 aliphatic carbocycles. The Balaban J connectivity index is 2.80. The minimum Gasteiger partial charge on any atom is -0.481 e. The van der Waals surface area contributed by atoms with Crippen LogP contribution in [-0.2, 0) is 9.59 Å². The zero-order chi connectivity index (χ0) is 16.0. The second kappa shape index (κ2) is 7.78. The van der Waals surface area contributed by atoms with Crippen LogP contribution in [0.4, 0.5) is 0 Å². The Morgan fingerprint density at radius 1 is 1.19 bits per heavy atom. The summed E-state index contributed by atoms with van der Waals surface area (Å²) in [7, 11) is 0. The third kappa shape index (κ3) is 4.86. The van der Waals surface area contributed by atoms with E-state index in [1.54, 1.807) is 11.8 Å². The zero-order valence-corrected chi connectivity index (χ0v) is 12.8. The molecule has 0 radical (unpaired) electrons. The van der Waals surface area contributed by atoms with Crippen molar-refractivity contribution in [1.29, 1.82) is 0 Å². The number of nitrogens with zero attached hydrogens (tertiary/aromatic N) is 1. The van der Waals surface area contributed by atoms with Gasteiger partial charge in [-0.15, -0.1) is 0 Å². The summed E-state index contributed by atoms with van der Waals surface area (Å²) in [6.45, 7) is 5.74. The summed E-state index contributed by atoms with van der Waals surface area (Å²) >= 11 is 0. The van der Waals surface area contributed by atoms with E-state index in [4.69, 9.17) is 10.8 Å². The van der Waals surface area contributed by atoms with Crippen LogP contribution in [0.5, 0.6) is 0 Å². The van der Waals surface area contributed by atoms with Gasteiger partial charge in [-0.2, -0.15) is 0 Å². The second-order valence-electron chi connectivity index (χ2n) is 5.49. The normalized spacial score (nSPS) is 13.8. The van der Waals surface area contributed by atoms with Gasteiger partial charge in [0.15, 0.2) is 0 Å². The van der Waals surface area contributed by atoms with Gasteiger partial charge in [-0.05, 0) is 19.4 Å². The summed E-state index contributed by atoms with van der Waals surface area (Å²) < 4.78 is 0. The van der Waals surface area contributed by atoms with Crippen LogP contribution in [0.1, 0.15) is 38.8 Å². The Morgan fingerprint density at radius 3 is 2.24 bits per heavy atom. The quantitative estimate of drug-likeness (QED) is 0.805. The lowest BCUT2D eigenvalue weighted by atomic mass is 9.93. The molecule has 1 aromatic carbocycles. The minimum atomic E-state index is -0.909. The van der Waals surface area contributed by atoms with Crippen molar-refractivity contribution in [2.45, 2.75) is 39.3 Å². The average Bonchev–Trinajstić information content (AvgIpc) is 2.45. The number of nitrogens with two attached hydrogens (primary N) is 1. The molecule has 0 aromatic heterocycles. The molecule has 116 valence electrons. The van der Waals surface area contributed by atoms with Gasteiger partial charge in [0.05, 0.1) is 12.3 Å². The Bertz CT molecular complexity index is 474. The molecule has 1 aromatic rings. The number of rotatable bonds is 7. The van der Waals surface area contributed by atoms with Crippen molar-refractivity contribution in [3.63, 3.8) is 0 Å². The van der Waals surface area contributed by atoms with Crippen LogP contribution >= 0.6 is 0 Å². The first-order valence-electron chi connectivity index (χ1n) is 7.17. The van der Waals surface area contributed by atoms with Crippen LogP contribution < -0.4 is 5.73 Å². The lowest BCUT2D eigenvalue weighted by molar-refractivity contribution is -0.140. The molecule has 21 heavy (non-hydrogen) atoms. The smallest absolute Gasteiger partial charge is 0.305 e.